The minimum Gasteiger partial charge on any atom is -0.496 e. The van der Waals surface area contributed by atoms with E-state index in [0.29, 0.717) is 11.7 Å². The largest absolute Gasteiger partial charge is 0.496 e. The number of hydrogen-bond donors (Lipinski definition) is 0. The first kappa shape index (κ1) is 15.8. The van der Waals surface area contributed by atoms with E-state index in [1.165, 1.54) is 31.7 Å². The normalized spacial score (nSPS) is 12.4. The van der Waals surface area contributed by atoms with E-state index < -0.39 is 0 Å². The van der Waals surface area contributed by atoms with E-state index in [-0.39, 0.29) is 5.63 Å². The number of ether oxygens (including phenoxy) is 1. The molecule has 3 nitrogen and oxygen atoms in total. The van der Waals surface area contributed by atoms with E-state index in [2.05, 4.69) is 13.8 Å². The van der Waals surface area contributed by atoms with E-state index in [9.17, 15) is 4.79 Å². The lowest BCUT2D eigenvalue weighted by molar-refractivity contribution is 0.362. The maximum atomic E-state index is 11.5. The summed E-state index contributed by atoms with van der Waals surface area (Å²) in [5.74, 6) is 1.73. The first-order valence-corrected chi connectivity index (χ1v) is 7.40. The zero-order valence-corrected chi connectivity index (χ0v) is 12.4. The molecule has 1 aromatic heterocycles. The third-order valence-corrected chi connectivity index (χ3v) is 3.46. The zero-order chi connectivity index (χ0) is 14.1. The highest BCUT2D eigenvalue weighted by Crippen LogP contribution is 2.29. The second-order valence-corrected chi connectivity index (χ2v) is 5.05. The Kier molecular flexibility index (Phi) is 7.31. The van der Waals surface area contributed by atoms with Crippen molar-refractivity contribution in [3.63, 3.8) is 0 Å². The van der Waals surface area contributed by atoms with Crippen LogP contribution in [0.1, 0.15) is 70.5 Å². The maximum Gasteiger partial charge on any atom is 0.339 e. The molecule has 0 aliphatic rings. The topological polar surface area (TPSA) is 39.4 Å². The van der Waals surface area contributed by atoms with Gasteiger partial charge in [-0.25, -0.2) is 4.79 Å². The summed E-state index contributed by atoms with van der Waals surface area (Å²) >= 11 is 0. The molecular weight excluding hydrogens is 240 g/mol. The van der Waals surface area contributed by atoms with Crippen LogP contribution in [0.15, 0.2) is 21.3 Å². The van der Waals surface area contributed by atoms with Crippen LogP contribution in [0.3, 0.4) is 0 Å². The Bertz CT molecular complexity index is 409. The SMILES string of the molecule is CCCCCC(CCCC)c1cc(OC)cc(=O)o1. The molecule has 0 bridgehead atoms. The van der Waals surface area contributed by atoms with Crippen LogP contribution in [0.4, 0.5) is 0 Å². The number of rotatable bonds is 9. The van der Waals surface area contributed by atoms with Crippen LogP contribution in [0.25, 0.3) is 0 Å². The van der Waals surface area contributed by atoms with Crippen LogP contribution < -0.4 is 10.4 Å². The van der Waals surface area contributed by atoms with Crippen molar-refractivity contribution in [1.82, 2.24) is 0 Å². The minimum absolute atomic E-state index is 0.314. The van der Waals surface area contributed by atoms with Crippen molar-refractivity contribution in [1.29, 1.82) is 0 Å². The van der Waals surface area contributed by atoms with Gasteiger partial charge in [-0.2, -0.15) is 0 Å². The molecule has 0 aromatic carbocycles. The highest BCUT2D eigenvalue weighted by Gasteiger charge is 2.15. The molecule has 1 heterocycles. The number of methoxy groups -OCH3 is 1. The van der Waals surface area contributed by atoms with Crippen molar-refractivity contribution in [2.24, 2.45) is 0 Å². The Balaban J connectivity index is 2.82. The summed E-state index contributed by atoms with van der Waals surface area (Å²) in [4.78, 5) is 11.5. The predicted octanol–water partition coefficient (Wildman–Crippen LogP) is 4.50. The molecule has 3 heteroatoms. The van der Waals surface area contributed by atoms with Gasteiger partial charge in [0.15, 0.2) is 0 Å². The molecule has 0 saturated heterocycles. The van der Waals surface area contributed by atoms with Crippen molar-refractivity contribution in [3.8, 4) is 5.75 Å². The second kappa shape index (κ2) is 8.78. The summed E-state index contributed by atoms with van der Waals surface area (Å²) in [6.07, 6.45) is 8.13. The summed E-state index contributed by atoms with van der Waals surface area (Å²) in [7, 11) is 1.58. The van der Waals surface area contributed by atoms with Crippen molar-refractivity contribution >= 4 is 0 Å². The Hall–Kier alpha value is -1.25. The summed E-state index contributed by atoms with van der Waals surface area (Å²) in [5.41, 5.74) is -0.314. The fraction of sp³-hybridized carbons (Fsp3) is 0.688. The van der Waals surface area contributed by atoms with Gasteiger partial charge in [-0.05, 0) is 12.8 Å². The Morgan fingerprint density at radius 3 is 2.42 bits per heavy atom. The van der Waals surface area contributed by atoms with E-state index in [4.69, 9.17) is 9.15 Å². The van der Waals surface area contributed by atoms with Gasteiger partial charge < -0.3 is 9.15 Å². The van der Waals surface area contributed by atoms with Crippen molar-refractivity contribution in [3.05, 3.63) is 28.3 Å². The smallest absolute Gasteiger partial charge is 0.339 e. The van der Waals surface area contributed by atoms with Crippen molar-refractivity contribution in [2.45, 2.75) is 64.7 Å². The molecule has 0 radical (unpaired) electrons. The zero-order valence-electron chi connectivity index (χ0n) is 12.4. The van der Waals surface area contributed by atoms with Crippen molar-refractivity contribution < 1.29 is 9.15 Å². The fourth-order valence-corrected chi connectivity index (χ4v) is 2.31. The lowest BCUT2D eigenvalue weighted by Gasteiger charge is -2.15. The standard InChI is InChI=1S/C16H26O3/c1-4-6-8-10-13(9-7-5-2)15-11-14(18-3)12-16(17)19-15/h11-13H,4-10H2,1-3H3. The molecule has 0 amide bonds. The Labute approximate surface area is 116 Å². The number of unbranched alkanes of at least 4 members (excludes halogenated alkanes) is 3. The molecule has 19 heavy (non-hydrogen) atoms. The maximum absolute atomic E-state index is 11.5. The van der Waals surface area contributed by atoms with Crippen LogP contribution in [0.5, 0.6) is 5.75 Å². The van der Waals surface area contributed by atoms with E-state index in [1.807, 2.05) is 6.07 Å². The molecule has 108 valence electrons. The molecule has 1 unspecified atom stereocenters. The third kappa shape index (κ3) is 5.50. The van der Waals surface area contributed by atoms with E-state index in [0.717, 1.165) is 25.0 Å². The highest BCUT2D eigenvalue weighted by molar-refractivity contribution is 5.22. The molecule has 1 atom stereocenters. The quantitative estimate of drug-likeness (QED) is 0.618. The lowest BCUT2D eigenvalue weighted by Crippen LogP contribution is -2.06. The second-order valence-electron chi connectivity index (χ2n) is 5.05. The van der Waals surface area contributed by atoms with E-state index >= 15 is 0 Å². The lowest BCUT2D eigenvalue weighted by atomic mass is 9.93. The Morgan fingerprint density at radius 1 is 1.11 bits per heavy atom. The van der Waals surface area contributed by atoms with Gasteiger partial charge in [-0.3, -0.25) is 0 Å². The molecule has 0 spiro atoms. The first-order chi connectivity index (χ1) is 9.21. The fourth-order valence-electron chi connectivity index (χ4n) is 2.31. The average molecular weight is 266 g/mol. The van der Waals surface area contributed by atoms with Crippen LogP contribution in [0.2, 0.25) is 0 Å². The van der Waals surface area contributed by atoms with Gasteiger partial charge in [0, 0.05) is 12.0 Å². The van der Waals surface area contributed by atoms with Crippen LogP contribution in [-0.4, -0.2) is 7.11 Å². The monoisotopic (exact) mass is 266 g/mol. The van der Waals surface area contributed by atoms with Crippen LogP contribution in [-0.2, 0) is 0 Å². The molecule has 0 fully saturated rings. The molecule has 1 rings (SSSR count). The van der Waals surface area contributed by atoms with E-state index in [1.54, 1.807) is 7.11 Å². The summed E-state index contributed by atoms with van der Waals surface area (Å²) < 4.78 is 10.5. The molecule has 1 aromatic rings. The average Bonchev–Trinajstić information content (AvgIpc) is 2.42. The van der Waals surface area contributed by atoms with Gasteiger partial charge in [0.2, 0.25) is 0 Å². The van der Waals surface area contributed by atoms with Gasteiger partial charge >= 0.3 is 5.63 Å². The van der Waals surface area contributed by atoms with Crippen LogP contribution in [0, 0.1) is 0 Å². The minimum atomic E-state index is -0.314. The van der Waals surface area contributed by atoms with Gasteiger partial charge in [-0.1, -0.05) is 46.0 Å². The first-order valence-electron chi connectivity index (χ1n) is 7.40. The Morgan fingerprint density at radius 2 is 1.79 bits per heavy atom. The molecule has 0 saturated carbocycles. The molecular formula is C16H26O3. The molecule has 0 aliphatic heterocycles. The highest BCUT2D eigenvalue weighted by atomic mass is 16.5. The summed E-state index contributed by atoms with van der Waals surface area (Å²) in [5, 5.41) is 0. The summed E-state index contributed by atoms with van der Waals surface area (Å²) in [6.45, 7) is 4.39. The molecule has 0 aliphatic carbocycles. The van der Waals surface area contributed by atoms with Gasteiger partial charge in [-0.15, -0.1) is 0 Å². The number of hydrogen-bond acceptors (Lipinski definition) is 3. The summed E-state index contributed by atoms with van der Waals surface area (Å²) in [6, 6.07) is 3.26. The van der Waals surface area contributed by atoms with Gasteiger partial charge in [0.05, 0.1) is 13.2 Å². The van der Waals surface area contributed by atoms with Gasteiger partial charge in [0.1, 0.15) is 11.5 Å². The van der Waals surface area contributed by atoms with Crippen LogP contribution >= 0.6 is 0 Å². The molecule has 0 N–H and O–H groups in total. The predicted molar refractivity (Wildman–Crippen MR) is 77.9 cm³/mol. The van der Waals surface area contributed by atoms with Crippen molar-refractivity contribution in [2.75, 3.05) is 7.11 Å². The third-order valence-electron chi connectivity index (χ3n) is 3.46. The van der Waals surface area contributed by atoms with Gasteiger partial charge in [0.25, 0.3) is 0 Å².